The van der Waals surface area contributed by atoms with E-state index in [0.717, 1.165) is 27.4 Å². The van der Waals surface area contributed by atoms with Crippen LogP contribution in [0.15, 0.2) is 40.4 Å². The molecule has 1 saturated heterocycles. The van der Waals surface area contributed by atoms with Gasteiger partial charge in [0.1, 0.15) is 17.7 Å². The van der Waals surface area contributed by atoms with Gasteiger partial charge in [-0.3, -0.25) is 9.59 Å². The van der Waals surface area contributed by atoms with Crippen molar-refractivity contribution in [3.63, 3.8) is 0 Å². The maximum atomic E-state index is 13.7. The number of nitrogens with zero attached hydrogens (tertiary/aromatic N) is 3. The third-order valence-corrected chi connectivity index (χ3v) is 8.00. The van der Waals surface area contributed by atoms with Crippen LogP contribution >= 0.6 is 11.3 Å². The summed E-state index contributed by atoms with van der Waals surface area (Å²) in [6.45, 7) is 11.9. The molecule has 0 bridgehead atoms. The molecule has 0 aliphatic carbocycles. The first-order chi connectivity index (χ1) is 17.6. The highest BCUT2D eigenvalue weighted by Crippen LogP contribution is 2.33. The first-order valence-corrected chi connectivity index (χ1v) is 13.7. The van der Waals surface area contributed by atoms with E-state index in [1.807, 2.05) is 77.4 Å². The summed E-state index contributed by atoms with van der Waals surface area (Å²) in [7, 11) is 0. The fourth-order valence-electron chi connectivity index (χ4n) is 4.84. The van der Waals surface area contributed by atoms with E-state index in [1.165, 1.54) is 4.90 Å². The molecule has 3 heterocycles. The number of nitrogens with one attached hydrogen (secondary N) is 1. The molecular formula is C28H36N4O4S. The van der Waals surface area contributed by atoms with Crippen LogP contribution in [-0.4, -0.2) is 50.7 Å². The smallest absolute Gasteiger partial charge is 0.243 e. The lowest BCUT2D eigenvalue weighted by Crippen LogP contribution is -2.48. The van der Waals surface area contributed by atoms with Crippen molar-refractivity contribution >= 4 is 23.2 Å². The zero-order valence-electron chi connectivity index (χ0n) is 22.3. The van der Waals surface area contributed by atoms with Gasteiger partial charge in [-0.2, -0.15) is 0 Å². The second-order valence-corrected chi connectivity index (χ2v) is 11.4. The number of amides is 2. The molecule has 4 rings (SSSR count). The second kappa shape index (κ2) is 11.1. The lowest BCUT2D eigenvalue weighted by molar-refractivity contribution is -0.141. The summed E-state index contributed by atoms with van der Waals surface area (Å²) in [5, 5.41) is 17.6. The molecule has 37 heavy (non-hydrogen) atoms. The summed E-state index contributed by atoms with van der Waals surface area (Å²) in [4.78, 5) is 34.0. The van der Waals surface area contributed by atoms with Crippen molar-refractivity contribution in [1.29, 1.82) is 0 Å². The van der Waals surface area contributed by atoms with Gasteiger partial charge < -0.3 is 19.8 Å². The Labute approximate surface area is 222 Å². The number of rotatable bonds is 8. The van der Waals surface area contributed by atoms with Crippen LogP contribution in [0.3, 0.4) is 0 Å². The number of aliphatic hydroxyl groups is 1. The third-order valence-electron chi connectivity index (χ3n) is 7.02. The number of carbonyl (C=O) groups is 2. The van der Waals surface area contributed by atoms with Crippen LogP contribution < -0.4 is 5.32 Å². The topological polar surface area (TPSA) is 109 Å². The number of likely N-dealkylation sites (tertiary alicyclic amines) is 1. The molecule has 0 unspecified atom stereocenters. The van der Waals surface area contributed by atoms with Crippen molar-refractivity contribution in [2.24, 2.45) is 5.92 Å². The highest BCUT2D eigenvalue weighted by molar-refractivity contribution is 7.13. The predicted molar refractivity (Wildman–Crippen MR) is 143 cm³/mol. The number of benzene rings is 1. The Balaban J connectivity index is 1.48. The molecule has 2 N–H and O–H groups in total. The van der Waals surface area contributed by atoms with Crippen molar-refractivity contribution in [3.05, 3.63) is 58.6 Å². The van der Waals surface area contributed by atoms with Crippen LogP contribution in [0.4, 0.5) is 0 Å². The van der Waals surface area contributed by atoms with E-state index in [1.54, 1.807) is 11.3 Å². The highest BCUT2D eigenvalue weighted by atomic mass is 32.1. The lowest BCUT2D eigenvalue weighted by Gasteiger charge is -2.29. The maximum Gasteiger partial charge on any atom is 0.243 e. The zero-order chi connectivity index (χ0) is 26.9. The van der Waals surface area contributed by atoms with Gasteiger partial charge in [-0.1, -0.05) is 57.1 Å². The predicted octanol–water partition coefficient (Wildman–Crippen LogP) is 4.81. The monoisotopic (exact) mass is 524 g/mol. The van der Waals surface area contributed by atoms with Gasteiger partial charge in [0, 0.05) is 19.0 Å². The number of hydrogen-bond donors (Lipinski definition) is 2. The fourth-order valence-corrected chi connectivity index (χ4v) is 5.65. The largest absolute Gasteiger partial charge is 0.391 e. The molecule has 8 nitrogen and oxygen atoms in total. The molecule has 4 atom stereocenters. The van der Waals surface area contributed by atoms with Crippen molar-refractivity contribution in [3.8, 4) is 10.4 Å². The Kier molecular flexibility index (Phi) is 8.14. The number of thiazole rings is 1. The number of aromatic nitrogens is 2. The number of aliphatic hydroxyl groups excluding tert-OH is 1. The first kappa shape index (κ1) is 27.0. The van der Waals surface area contributed by atoms with Crippen LogP contribution in [-0.2, 0) is 9.59 Å². The normalized spacial score (nSPS) is 19.4. The molecule has 2 amide bonds. The van der Waals surface area contributed by atoms with Crippen LogP contribution in [0, 0.1) is 12.8 Å². The van der Waals surface area contributed by atoms with E-state index in [9.17, 15) is 14.7 Å². The SMILES string of the molecule is Cc1ncsc1-c1ccc([C@H](C)NC(=O)[C@@H]2C[C@@H](O)CN2C(=O)[C@@H](c2cc(C(C)C)no2)C(C)C)cc1. The minimum absolute atomic E-state index is 0.0680. The molecule has 0 spiro atoms. The summed E-state index contributed by atoms with van der Waals surface area (Å²) >= 11 is 1.60. The summed E-state index contributed by atoms with van der Waals surface area (Å²) in [5.74, 6) is -0.483. The van der Waals surface area contributed by atoms with E-state index in [2.05, 4.69) is 15.5 Å². The van der Waals surface area contributed by atoms with Gasteiger partial charge in [-0.15, -0.1) is 11.3 Å². The molecule has 1 aliphatic rings. The minimum Gasteiger partial charge on any atom is -0.391 e. The lowest BCUT2D eigenvalue weighted by atomic mass is 9.90. The fraction of sp³-hybridized carbons (Fsp3) is 0.500. The molecule has 3 aromatic rings. The van der Waals surface area contributed by atoms with E-state index >= 15 is 0 Å². The van der Waals surface area contributed by atoms with Crippen molar-refractivity contribution < 1.29 is 19.2 Å². The van der Waals surface area contributed by atoms with Gasteiger partial charge in [-0.05, 0) is 36.8 Å². The Morgan fingerprint density at radius 3 is 2.43 bits per heavy atom. The summed E-state index contributed by atoms with van der Waals surface area (Å²) in [6.07, 6.45) is -0.558. The van der Waals surface area contributed by atoms with Crippen molar-refractivity contribution in [2.75, 3.05) is 6.54 Å². The average molecular weight is 525 g/mol. The Bertz CT molecular complexity index is 1230. The van der Waals surface area contributed by atoms with Crippen molar-refractivity contribution in [1.82, 2.24) is 20.4 Å². The summed E-state index contributed by atoms with van der Waals surface area (Å²) in [6, 6.07) is 8.87. The van der Waals surface area contributed by atoms with Crippen LogP contribution in [0.1, 0.15) is 81.6 Å². The molecule has 0 radical (unpaired) electrons. The van der Waals surface area contributed by atoms with Crippen molar-refractivity contribution in [2.45, 2.75) is 78.0 Å². The zero-order valence-corrected chi connectivity index (χ0v) is 23.1. The molecule has 1 aliphatic heterocycles. The van der Waals surface area contributed by atoms with Gasteiger partial charge in [0.25, 0.3) is 0 Å². The molecule has 198 valence electrons. The second-order valence-electron chi connectivity index (χ2n) is 10.5. The average Bonchev–Trinajstić information content (AvgIpc) is 3.59. The van der Waals surface area contributed by atoms with Gasteiger partial charge in [0.05, 0.1) is 33.9 Å². The maximum absolute atomic E-state index is 13.7. The van der Waals surface area contributed by atoms with Crippen LogP contribution in [0.5, 0.6) is 0 Å². The molecular weight excluding hydrogens is 488 g/mol. The van der Waals surface area contributed by atoms with E-state index < -0.39 is 18.1 Å². The highest BCUT2D eigenvalue weighted by Gasteiger charge is 2.43. The van der Waals surface area contributed by atoms with Gasteiger partial charge in [0.2, 0.25) is 11.8 Å². The first-order valence-electron chi connectivity index (χ1n) is 12.8. The van der Waals surface area contributed by atoms with Gasteiger partial charge >= 0.3 is 0 Å². The standard InChI is InChI=1S/C28H36N4O4S/c1-15(2)22-12-24(36-31-22)25(16(3)4)28(35)32-13-21(33)11-23(32)27(34)30-17(5)19-7-9-20(10-8-19)26-18(6)29-14-37-26/h7-10,12,14-17,21,23,25,33H,11,13H2,1-6H3,(H,30,34)/t17-,21+,23-,25+/m0/s1. The number of β-amino-alcohol motifs (C(OH)–C–C–N with tert-alkyl or cyclic N) is 1. The van der Waals surface area contributed by atoms with E-state index in [-0.39, 0.29) is 42.7 Å². The molecule has 9 heteroatoms. The summed E-state index contributed by atoms with van der Waals surface area (Å²) < 4.78 is 5.56. The Morgan fingerprint density at radius 1 is 1.16 bits per heavy atom. The summed E-state index contributed by atoms with van der Waals surface area (Å²) in [5.41, 5.74) is 5.66. The molecule has 1 fully saturated rings. The van der Waals surface area contributed by atoms with Gasteiger partial charge in [0.15, 0.2) is 0 Å². The molecule has 0 saturated carbocycles. The minimum atomic E-state index is -0.759. The quantitative estimate of drug-likeness (QED) is 0.438. The van der Waals surface area contributed by atoms with Gasteiger partial charge in [-0.25, -0.2) is 4.98 Å². The number of aryl methyl sites for hydroxylation is 1. The van der Waals surface area contributed by atoms with Crippen LogP contribution in [0.2, 0.25) is 0 Å². The Morgan fingerprint density at radius 2 is 1.86 bits per heavy atom. The van der Waals surface area contributed by atoms with E-state index in [4.69, 9.17) is 4.52 Å². The van der Waals surface area contributed by atoms with Crippen LogP contribution in [0.25, 0.3) is 10.4 Å². The Hall–Kier alpha value is -3.04. The molecule has 1 aromatic carbocycles. The third kappa shape index (κ3) is 5.78. The number of hydrogen-bond acceptors (Lipinski definition) is 7. The number of carbonyl (C=O) groups excluding carboxylic acids is 2. The molecule has 2 aromatic heterocycles. The van der Waals surface area contributed by atoms with E-state index in [0.29, 0.717) is 5.76 Å².